The van der Waals surface area contributed by atoms with Crippen LogP contribution in [0.25, 0.3) is 22.4 Å². The lowest BCUT2D eigenvalue weighted by Gasteiger charge is -2.15. The van der Waals surface area contributed by atoms with Crippen molar-refractivity contribution in [1.29, 1.82) is 0 Å². The number of aryl methyl sites for hydroxylation is 2. The third-order valence-corrected chi connectivity index (χ3v) is 4.99. The highest BCUT2D eigenvalue weighted by Gasteiger charge is 2.15. The van der Waals surface area contributed by atoms with Gasteiger partial charge in [-0.25, -0.2) is 9.97 Å². The number of anilines is 1. The number of benzene rings is 1. The zero-order chi connectivity index (χ0) is 20.9. The molecule has 3 heterocycles. The minimum absolute atomic E-state index is 0.551. The Bertz CT molecular complexity index is 1180. The molecule has 0 bridgehead atoms. The van der Waals surface area contributed by atoms with Crippen LogP contribution in [0.15, 0.2) is 67.3 Å². The largest absolute Gasteiger partial charge is 0.496 e. The molecule has 0 aliphatic heterocycles. The first-order valence-corrected chi connectivity index (χ1v) is 9.73. The fourth-order valence-corrected chi connectivity index (χ4v) is 3.40. The SMILES string of the molecule is COc1ccccc1CNc1ncc(-c2ccncc2C)c(-c2cccnc2C)n1. The van der Waals surface area contributed by atoms with E-state index in [4.69, 9.17) is 9.72 Å². The summed E-state index contributed by atoms with van der Waals surface area (Å²) in [5.74, 6) is 1.38. The van der Waals surface area contributed by atoms with E-state index in [1.54, 1.807) is 19.5 Å². The molecule has 4 aromatic rings. The molecule has 0 radical (unpaired) electrons. The third kappa shape index (κ3) is 3.98. The topological polar surface area (TPSA) is 72.8 Å². The van der Waals surface area contributed by atoms with E-state index >= 15 is 0 Å². The average molecular weight is 397 g/mol. The summed E-state index contributed by atoms with van der Waals surface area (Å²) in [6, 6.07) is 13.9. The maximum atomic E-state index is 5.44. The van der Waals surface area contributed by atoms with E-state index in [-0.39, 0.29) is 0 Å². The maximum Gasteiger partial charge on any atom is 0.223 e. The van der Waals surface area contributed by atoms with Gasteiger partial charge in [-0.3, -0.25) is 9.97 Å². The van der Waals surface area contributed by atoms with Crippen LogP contribution in [0.3, 0.4) is 0 Å². The van der Waals surface area contributed by atoms with Crippen LogP contribution in [0.4, 0.5) is 5.95 Å². The van der Waals surface area contributed by atoms with Crippen molar-refractivity contribution in [2.24, 2.45) is 0 Å². The van der Waals surface area contributed by atoms with Gasteiger partial charge in [-0.1, -0.05) is 18.2 Å². The Balaban J connectivity index is 1.75. The van der Waals surface area contributed by atoms with Crippen molar-refractivity contribution in [2.75, 3.05) is 12.4 Å². The number of ether oxygens (including phenoxy) is 1. The first kappa shape index (κ1) is 19.5. The van der Waals surface area contributed by atoms with E-state index in [0.29, 0.717) is 12.5 Å². The molecule has 4 rings (SSSR count). The molecule has 0 aliphatic rings. The first-order valence-electron chi connectivity index (χ1n) is 9.73. The predicted octanol–water partition coefficient (Wildman–Crippen LogP) is 4.84. The number of hydrogen-bond acceptors (Lipinski definition) is 6. The van der Waals surface area contributed by atoms with E-state index in [1.165, 1.54) is 0 Å². The molecule has 6 nitrogen and oxygen atoms in total. The predicted molar refractivity (Wildman–Crippen MR) is 118 cm³/mol. The number of para-hydroxylation sites is 1. The Morgan fingerprint density at radius 1 is 0.867 bits per heavy atom. The summed E-state index contributed by atoms with van der Waals surface area (Å²) < 4.78 is 5.44. The molecule has 0 atom stereocenters. The Kier molecular flexibility index (Phi) is 5.66. The van der Waals surface area contributed by atoms with E-state index in [1.807, 2.05) is 68.7 Å². The van der Waals surface area contributed by atoms with Gasteiger partial charge in [0.05, 0.1) is 12.8 Å². The van der Waals surface area contributed by atoms with Crippen molar-refractivity contribution in [3.63, 3.8) is 0 Å². The van der Waals surface area contributed by atoms with Gasteiger partial charge >= 0.3 is 0 Å². The number of aromatic nitrogens is 4. The van der Waals surface area contributed by atoms with Crippen LogP contribution in [-0.2, 0) is 6.54 Å². The fourth-order valence-electron chi connectivity index (χ4n) is 3.40. The standard InChI is InChI=1S/C24H23N5O/c1-16-13-25-12-10-19(16)21-15-28-24(27-14-18-7-4-5-9-22(18)30-3)29-23(21)20-8-6-11-26-17(20)2/h4-13,15H,14H2,1-3H3,(H,27,28,29). The molecule has 1 aromatic carbocycles. The van der Waals surface area contributed by atoms with Crippen molar-refractivity contribution in [3.05, 3.63) is 84.1 Å². The zero-order valence-electron chi connectivity index (χ0n) is 17.3. The molecule has 0 amide bonds. The second-order valence-corrected chi connectivity index (χ2v) is 6.95. The Hall–Kier alpha value is -3.80. The van der Waals surface area contributed by atoms with Crippen molar-refractivity contribution >= 4 is 5.95 Å². The summed E-state index contributed by atoms with van der Waals surface area (Å²) in [5, 5.41) is 3.32. The lowest BCUT2D eigenvalue weighted by atomic mass is 9.98. The van der Waals surface area contributed by atoms with Gasteiger partial charge < -0.3 is 10.1 Å². The fraction of sp³-hybridized carbons (Fsp3) is 0.167. The van der Waals surface area contributed by atoms with Crippen LogP contribution in [-0.4, -0.2) is 27.0 Å². The maximum absolute atomic E-state index is 5.44. The molecular formula is C24H23N5O. The monoisotopic (exact) mass is 397 g/mol. The van der Waals surface area contributed by atoms with Crippen LogP contribution in [0, 0.1) is 13.8 Å². The number of nitrogens with one attached hydrogen (secondary N) is 1. The van der Waals surface area contributed by atoms with E-state index in [9.17, 15) is 0 Å². The summed E-state index contributed by atoms with van der Waals surface area (Å²) in [6.45, 7) is 4.59. The molecule has 0 spiro atoms. The van der Waals surface area contributed by atoms with E-state index in [2.05, 4.69) is 20.3 Å². The molecule has 0 saturated heterocycles. The van der Waals surface area contributed by atoms with Crippen LogP contribution in [0.5, 0.6) is 5.75 Å². The number of rotatable bonds is 6. The minimum Gasteiger partial charge on any atom is -0.496 e. The van der Waals surface area contributed by atoms with Gasteiger partial charge in [0.1, 0.15) is 5.75 Å². The second kappa shape index (κ2) is 8.69. The lowest BCUT2D eigenvalue weighted by Crippen LogP contribution is -2.06. The average Bonchev–Trinajstić information content (AvgIpc) is 2.78. The molecule has 30 heavy (non-hydrogen) atoms. The summed E-state index contributed by atoms with van der Waals surface area (Å²) in [5.41, 5.74) is 6.85. The van der Waals surface area contributed by atoms with Crippen LogP contribution < -0.4 is 10.1 Å². The van der Waals surface area contributed by atoms with Crippen LogP contribution in [0.1, 0.15) is 16.8 Å². The molecule has 0 fully saturated rings. The van der Waals surface area contributed by atoms with E-state index in [0.717, 1.165) is 45.0 Å². The van der Waals surface area contributed by atoms with E-state index < -0.39 is 0 Å². The highest BCUT2D eigenvalue weighted by Crippen LogP contribution is 2.33. The Morgan fingerprint density at radius 2 is 1.73 bits per heavy atom. The molecule has 0 saturated carbocycles. The van der Waals surface area contributed by atoms with Gasteiger partial charge in [0, 0.05) is 53.7 Å². The van der Waals surface area contributed by atoms with Crippen molar-refractivity contribution < 1.29 is 4.74 Å². The third-order valence-electron chi connectivity index (χ3n) is 4.99. The molecule has 0 aliphatic carbocycles. The highest BCUT2D eigenvalue weighted by molar-refractivity contribution is 5.82. The normalized spacial score (nSPS) is 10.6. The van der Waals surface area contributed by atoms with Crippen molar-refractivity contribution in [3.8, 4) is 28.1 Å². The van der Waals surface area contributed by atoms with Crippen LogP contribution in [0.2, 0.25) is 0 Å². The van der Waals surface area contributed by atoms with Crippen molar-refractivity contribution in [2.45, 2.75) is 20.4 Å². The molecular weight excluding hydrogens is 374 g/mol. The second-order valence-electron chi connectivity index (χ2n) is 6.95. The summed E-state index contributed by atoms with van der Waals surface area (Å²) in [6.07, 6.45) is 7.29. The van der Waals surface area contributed by atoms with Gasteiger partial charge in [-0.2, -0.15) is 0 Å². The summed E-state index contributed by atoms with van der Waals surface area (Å²) in [7, 11) is 1.67. The smallest absolute Gasteiger partial charge is 0.223 e. The number of nitrogens with zero attached hydrogens (tertiary/aromatic N) is 4. The molecule has 3 aromatic heterocycles. The van der Waals surface area contributed by atoms with Crippen LogP contribution >= 0.6 is 0 Å². The quantitative estimate of drug-likeness (QED) is 0.502. The molecule has 1 N–H and O–H groups in total. The van der Waals surface area contributed by atoms with Gasteiger partial charge in [0.2, 0.25) is 5.95 Å². The molecule has 0 unspecified atom stereocenters. The highest BCUT2D eigenvalue weighted by atomic mass is 16.5. The first-order chi connectivity index (χ1) is 14.7. The van der Waals surface area contributed by atoms with Gasteiger partial charge in [-0.05, 0) is 49.2 Å². The minimum atomic E-state index is 0.551. The summed E-state index contributed by atoms with van der Waals surface area (Å²) >= 11 is 0. The number of methoxy groups -OCH3 is 1. The van der Waals surface area contributed by atoms with Gasteiger partial charge in [0.15, 0.2) is 0 Å². The molecule has 6 heteroatoms. The van der Waals surface area contributed by atoms with Crippen molar-refractivity contribution in [1.82, 2.24) is 19.9 Å². The lowest BCUT2D eigenvalue weighted by molar-refractivity contribution is 0.410. The van der Waals surface area contributed by atoms with Gasteiger partial charge in [-0.15, -0.1) is 0 Å². The number of pyridine rings is 2. The Labute approximate surface area is 176 Å². The summed E-state index contributed by atoms with van der Waals surface area (Å²) in [4.78, 5) is 18.1. The number of hydrogen-bond donors (Lipinski definition) is 1. The van der Waals surface area contributed by atoms with Gasteiger partial charge in [0.25, 0.3) is 0 Å². The molecule has 150 valence electrons. The Morgan fingerprint density at radius 3 is 2.53 bits per heavy atom. The zero-order valence-corrected chi connectivity index (χ0v) is 17.3.